The second kappa shape index (κ2) is 4.74. The second-order valence-electron chi connectivity index (χ2n) is 4.63. The molecule has 0 aromatic heterocycles. The molecule has 0 amide bonds. The van der Waals surface area contributed by atoms with Gasteiger partial charge in [-0.15, -0.1) is 0 Å². The molecule has 3 unspecified atom stereocenters. The topological polar surface area (TPSA) is 49.3 Å². The van der Waals surface area contributed by atoms with Crippen LogP contribution in [0.1, 0.15) is 32.1 Å². The summed E-state index contributed by atoms with van der Waals surface area (Å²) in [4.78, 5) is 11.1. The molecule has 3 nitrogen and oxygen atoms in total. The van der Waals surface area contributed by atoms with Gasteiger partial charge in [0.25, 0.3) is 0 Å². The number of nitrogens with one attached hydrogen (secondary N) is 1. The van der Waals surface area contributed by atoms with E-state index in [0.29, 0.717) is 17.2 Å². The zero-order valence-electron chi connectivity index (χ0n) is 9.11. The van der Waals surface area contributed by atoms with Crippen molar-refractivity contribution in [2.75, 3.05) is 6.26 Å². The molecule has 0 aromatic carbocycles. The minimum absolute atomic E-state index is 0.289. The Labute approximate surface area is 95.0 Å². The van der Waals surface area contributed by atoms with Crippen molar-refractivity contribution in [2.24, 2.45) is 5.92 Å². The first-order valence-electron chi connectivity index (χ1n) is 5.74. The van der Waals surface area contributed by atoms with Crippen LogP contribution in [0.15, 0.2) is 0 Å². The van der Waals surface area contributed by atoms with E-state index >= 15 is 0 Å². The maximum atomic E-state index is 11.1. The summed E-state index contributed by atoms with van der Waals surface area (Å²) < 4.78 is 0. The number of carboxylic acid groups (broad SMARTS) is 1. The molecule has 0 bridgehead atoms. The van der Waals surface area contributed by atoms with Crippen LogP contribution < -0.4 is 5.32 Å². The van der Waals surface area contributed by atoms with Gasteiger partial charge in [0.15, 0.2) is 0 Å². The van der Waals surface area contributed by atoms with Crippen LogP contribution in [0, 0.1) is 5.92 Å². The Kier molecular flexibility index (Phi) is 3.57. The van der Waals surface area contributed by atoms with E-state index in [1.807, 2.05) is 11.8 Å². The predicted molar refractivity (Wildman–Crippen MR) is 62.2 cm³/mol. The fraction of sp³-hybridized carbons (Fsp3) is 0.909. The summed E-state index contributed by atoms with van der Waals surface area (Å²) in [7, 11) is 0. The van der Waals surface area contributed by atoms with Crippen molar-refractivity contribution in [3.05, 3.63) is 0 Å². The van der Waals surface area contributed by atoms with E-state index in [2.05, 4.69) is 11.6 Å². The highest BCUT2D eigenvalue weighted by Gasteiger charge is 2.39. The van der Waals surface area contributed by atoms with Gasteiger partial charge in [-0.3, -0.25) is 4.79 Å². The van der Waals surface area contributed by atoms with E-state index in [0.717, 1.165) is 19.3 Å². The molecular weight excluding hydrogens is 210 g/mol. The Morgan fingerprint density at radius 1 is 1.40 bits per heavy atom. The Morgan fingerprint density at radius 2 is 2.13 bits per heavy atom. The Hall–Kier alpha value is -0.220. The highest BCUT2D eigenvalue weighted by atomic mass is 32.2. The summed E-state index contributed by atoms with van der Waals surface area (Å²) >= 11 is 1.87. The van der Waals surface area contributed by atoms with Crippen LogP contribution in [-0.4, -0.2) is 34.7 Å². The molecule has 2 aliphatic carbocycles. The minimum atomic E-state index is -0.663. The van der Waals surface area contributed by atoms with E-state index < -0.39 is 5.97 Å². The van der Waals surface area contributed by atoms with Crippen molar-refractivity contribution in [2.45, 2.75) is 49.4 Å². The van der Waals surface area contributed by atoms with Gasteiger partial charge in [-0.25, -0.2) is 0 Å². The van der Waals surface area contributed by atoms with Crippen molar-refractivity contribution in [3.8, 4) is 0 Å². The minimum Gasteiger partial charge on any atom is -0.480 e. The maximum Gasteiger partial charge on any atom is 0.320 e. The van der Waals surface area contributed by atoms with Gasteiger partial charge >= 0.3 is 5.97 Å². The molecule has 0 spiro atoms. The van der Waals surface area contributed by atoms with Crippen molar-refractivity contribution >= 4 is 17.7 Å². The van der Waals surface area contributed by atoms with Crippen LogP contribution in [-0.2, 0) is 4.79 Å². The standard InChI is InChI=1S/C11H19NO2S/c1-15-9-4-2-3-8(9)12-10(11(13)14)7-5-6-7/h7-10,12H,2-6H2,1H3,(H,13,14). The molecule has 0 aromatic rings. The van der Waals surface area contributed by atoms with Crippen LogP contribution in [0.4, 0.5) is 0 Å². The Bertz CT molecular complexity index is 243. The van der Waals surface area contributed by atoms with Crippen molar-refractivity contribution in [3.63, 3.8) is 0 Å². The second-order valence-corrected chi connectivity index (χ2v) is 5.71. The summed E-state index contributed by atoms with van der Waals surface area (Å²) in [6.07, 6.45) is 7.90. The predicted octanol–water partition coefficient (Wildman–Crippen LogP) is 1.72. The van der Waals surface area contributed by atoms with Crippen molar-refractivity contribution < 1.29 is 9.90 Å². The molecular formula is C11H19NO2S. The van der Waals surface area contributed by atoms with Gasteiger partial charge in [-0.1, -0.05) is 6.42 Å². The van der Waals surface area contributed by atoms with E-state index in [1.165, 1.54) is 12.8 Å². The van der Waals surface area contributed by atoms with Crippen LogP contribution in [0.3, 0.4) is 0 Å². The van der Waals surface area contributed by atoms with Crippen LogP contribution in [0.5, 0.6) is 0 Å². The first kappa shape index (κ1) is 11.3. The number of hydrogen-bond donors (Lipinski definition) is 2. The summed E-state index contributed by atoms with van der Waals surface area (Å²) in [5.41, 5.74) is 0. The largest absolute Gasteiger partial charge is 0.480 e. The first-order chi connectivity index (χ1) is 7.22. The van der Waals surface area contributed by atoms with E-state index in [-0.39, 0.29) is 6.04 Å². The fourth-order valence-corrected chi connectivity index (χ4v) is 3.41. The molecule has 0 aliphatic heterocycles. The van der Waals surface area contributed by atoms with Crippen molar-refractivity contribution in [1.29, 1.82) is 0 Å². The lowest BCUT2D eigenvalue weighted by atomic mass is 10.1. The molecule has 3 atom stereocenters. The number of rotatable bonds is 5. The van der Waals surface area contributed by atoms with Gasteiger partial charge in [0, 0.05) is 11.3 Å². The molecule has 86 valence electrons. The third kappa shape index (κ3) is 2.67. The number of carboxylic acids is 1. The Balaban J connectivity index is 1.90. The first-order valence-corrected chi connectivity index (χ1v) is 7.03. The normalized spacial score (nSPS) is 32.9. The molecule has 4 heteroatoms. The van der Waals surface area contributed by atoms with Crippen LogP contribution >= 0.6 is 11.8 Å². The summed E-state index contributed by atoms with van der Waals surface area (Å²) in [5, 5.41) is 13.1. The molecule has 0 saturated heterocycles. The molecule has 2 N–H and O–H groups in total. The molecule has 15 heavy (non-hydrogen) atoms. The molecule has 2 aliphatic rings. The van der Waals surface area contributed by atoms with Crippen molar-refractivity contribution in [1.82, 2.24) is 5.32 Å². The number of thioether (sulfide) groups is 1. The third-order valence-corrected chi connectivity index (χ3v) is 4.68. The lowest BCUT2D eigenvalue weighted by molar-refractivity contribution is -0.140. The molecule has 2 rings (SSSR count). The summed E-state index contributed by atoms with van der Waals surface area (Å²) in [6.45, 7) is 0. The average Bonchev–Trinajstić information content (AvgIpc) is 2.93. The number of aliphatic carboxylic acids is 1. The zero-order chi connectivity index (χ0) is 10.8. The molecule has 2 fully saturated rings. The van der Waals surface area contributed by atoms with Gasteiger partial charge in [-0.2, -0.15) is 11.8 Å². The average molecular weight is 229 g/mol. The molecule has 2 saturated carbocycles. The van der Waals surface area contributed by atoms with E-state index in [9.17, 15) is 4.79 Å². The lowest BCUT2D eigenvalue weighted by Crippen LogP contribution is -2.47. The number of carbonyl (C=O) groups is 1. The highest BCUT2D eigenvalue weighted by molar-refractivity contribution is 7.99. The van der Waals surface area contributed by atoms with Gasteiger partial charge in [0.2, 0.25) is 0 Å². The lowest BCUT2D eigenvalue weighted by Gasteiger charge is -2.23. The van der Waals surface area contributed by atoms with Gasteiger partial charge in [-0.05, 0) is 37.9 Å². The van der Waals surface area contributed by atoms with E-state index in [4.69, 9.17) is 5.11 Å². The highest BCUT2D eigenvalue weighted by Crippen LogP contribution is 2.35. The van der Waals surface area contributed by atoms with Crippen LogP contribution in [0.2, 0.25) is 0 Å². The summed E-state index contributed by atoms with van der Waals surface area (Å²) in [6, 6.07) is 0.129. The number of hydrogen-bond acceptors (Lipinski definition) is 3. The van der Waals surface area contributed by atoms with Crippen LogP contribution in [0.25, 0.3) is 0 Å². The third-order valence-electron chi connectivity index (χ3n) is 3.51. The quantitative estimate of drug-likeness (QED) is 0.753. The Morgan fingerprint density at radius 3 is 2.67 bits per heavy atom. The van der Waals surface area contributed by atoms with Gasteiger partial charge < -0.3 is 10.4 Å². The van der Waals surface area contributed by atoms with E-state index in [1.54, 1.807) is 0 Å². The van der Waals surface area contributed by atoms with Gasteiger partial charge in [0.05, 0.1) is 0 Å². The summed E-state index contributed by atoms with van der Waals surface area (Å²) in [5.74, 6) is -0.269. The fourth-order valence-electron chi connectivity index (χ4n) is 2.47. The molecule has 0 radical (unpaired) electrons. The maximum absolute atomic E-state index is 11.1. The smallest absolute Gasteiger partial charge is 0.320 e. The SMILES string of the molecule is CSC1CCCC1NC(C(=O)O)C1CC1. The van der Waals surface area contributed by atoms with Gasteiger partial charge in [0.1, 0.15) is 6.04 Å². The monoisotopic (exact) mass is 229 g/mol. The molecule has 0 heterocycles. The zero-order valence-corrected chi connectivity index (χ0v) is 9.93.